The van der Waals surface area contributed by atoms with Gasteiger partial charge < -0.3 is 20.5 Å². The second-order valence-electron chi connectivity index (χ2n) is 11.5. The number of hydrogen-bond acceptors (Lipinski definition) is 9. The Hall–Kier alpha value is -4.98. The van der Waals surface area contributed by atoms with Gasteiger partial charge in [-0.15, -0.1) is 36.2 Å². The van der Waals surface area contributed by atoms with Crippen molar-refractivity contribution in [2.75, 3.05) is 43.4 Å². The van der Waals surface area contributed by atoms with Crippen LogP contribution in [0.1, 0.15) is 16.8 Å². The number of thiazole rings is 1. The van der Waals surface area contributed by atoms with E-state index in [1.54, 1.807) is 29.5 Å². The maximum atomic E-state index is 12.6. The van der Waals surface area contributed by atoms with Crippen LogP contribution in [0.3, 0.4) is 0 Å². The summed E-state index contributed by atoms with van der Waals surface area (Å²) in [6, 6.07) is 31.4. The number of benzene rings is 4. The molecular formula is C37H39Cl2N7O4S. The van der Waals surface area contributed by atoms with Crippen molar-refractivity contribution in [1.29, 1.82) is 0 Å². The third-order valence-electron chi connectivity index (χ3n) is 7.83. The maximum Gasteiger partial charge on any atom is 0.323 e. The SMILES string of the molecule is Cl.Cl.O=C(CN1CCN(Cc2csc(-c3ccc(NC(=O)Nc4ccccc4)cc3)n2)CC1)N/N=C/c1cc(OCc2ccccc2)ccc1O. The number of urea groups is 1. The normalized spacial score (nSPS) is 13.1. The van der Waals surface area contributed by atoms with Crippen LogP contribution in [0.4, 0.5) is 16.2 Å². The van der Waals surface area contributed by atoms with Crippen LogP contribution in [0.25, 0.3) is 10.6 Å². The van der Waals surface area contributed by atoms with E-state index in [-0.39, 0.29) is 49.0 Å². The lowest BCUT2D eigenvalue weighted by molar-refractivity contribution is -0.122. The predicted molar refractivity (Wildman–Crippen MR) is 207 cm³/mol. The highest BCUT2D eigenvalue weighted by atomic mass is 35.5. The Balaban J connectivity index is 0.00000292. The van der Waals surface area contributed by atoms with Crippen LogP contribution in [0, 0.1) is 0 Å². The molecule has 4 aromatic carbocycles. The predicted octanol–water partition coefficient (Wildman–Crippen LogP) is 6.85. The third kappa shape index (κ3) is 11.8. The molecule has 0 radical (unpaired) electrons. The van der Waals surface area contributed by atoms with Gasteiger partial charge in [0.05, 0.1) is 18.5 Å². The molecule has 2 heterocycles. The van der Waals surface area contributed by atoms with Gasteiger partial charge in [-0.3, -0.25) is 14.6 Å². The summed E-state index contributed by atoms with van der Waals surface area (Å²) in [5.41, 5.74) is 7.47. The molecule has 5 aromatic rings. The van der Waals surface area contributed by atoms with Gasteiger partial charge in [-0.2, -0.15) is 5.10 Å². The van der Waals surface area contributed by atoms with E-state index in [1.165, 1.54) is 6.21 Å². The molecule has 14 heteroatoms. The molecule has 1 fully saturated rings. The van der Waals surface area contributed by atoms with Crippen LogP contribution >= 0.6 is 36.2 Å². The number of phenolic OH excluding ortho intramolecular Hbond substituents is 1. The monoisotopic (exact) mass is 747 g/mol. The molecule has 4 N–H and O–H groups in total. The maximum absolute atomic E-state index is 12.6. The lowest BCUT2D eigenvalue weighted by Gasteiger charge is -2.33. The van der Waals surface area contributed by atoms with Crippen LogP contribution in [-0.2, 0) is 17.9 Å². The summed E-state index contributed by atoms with van der Waals surface area (Å²) < 4.78 is 5.82. The first kappa shape index (κ1) is 38.8. The molecule has 0 atom stereocenters. The van der Waals surface area contributed by atoms with Gasteiger partial charge in [0.25, 0.3) is 5.91 Å². The van der Waals surface area contributed by atoms with Gasteiger partial charge in [0.2, 0.25) is 0 Å². The molecule has 0 aliphatic carbocycles. The van der Waals surface area contributed by atoms with Crippen molar-refractivity contribution in [3.8, 4) is 22.1 Å². The van der Waals surface area contributed by atoms with E-state index in [0.29, 0.717) is 23.6 Å². The summed E-state index contributed by atoms with van der Waals surface area (Å²) in [6.07, 6.45) is 1.42. The Morgan fingerprint density at radius 2 is 1.49 bits per heavy atom. The number of piperazine rings is 1. The molecule has 266 valence electrons. The van der Waals surface area contributed by atoms with Crippen LogP contribution in [0.5, 0.6) is 11.5 Å². The van der Waals surface area contributed by atoms with Gasteiger partial charge in [0.15, 0.2) is 0 Å². The Labute approximate surface area is 313 Å². The molecular weight excluding hydrogens is 709 g/mol. The van der Waals surface area contributed by atoms with E-state index >= 15 is 0 Å². The third-order valence-corrected chi connectivity index (χ3v) is 8.77. The molecule has 3 amide bonds. The Morgan fingerprint density at radius 1 is 0.843 bits per heavy atom. The summed E-state index contributed by atoms with van der Waals surface area (Å²) in [5, 5.41) is 22.9. The zero-order valence-electron chi connectivity index (χ0n) is 27.6. The van der Waals surface area contributed by atoms with Crippen molar-refractivity contribution >= 4 is 65.7 Å². The van der Waals surface area contributed by atoms with Gasteiger partial charge >= 0.3 is 6.03 Å². The number of para-hydroxylation sites is 1. The van der Waals surface area contributed by atoms with Gasteiger partial charge in [0, 0.05) is 60.6 Å². The number of carbonyl (C=O) groups is 2. The average Bonchev–Trinajstić information content (AvgIpc) is 3.59. The number of hydrogen-bond donors (Lipinski definition) is 4. The van der Waals surface area contributed by atoms with Crippen molar-refractivity contribution in [1.82, 2.24) is 20.2 Å². The number of rotatable bonds is 12. The molecule has 1 aliphatic heterocycles. The van der Waals surface area contributed by atoms with E-state index in [2.05, 4.69) is 36.3 Å². The van der Waals surface area contributed by atoms with E-state index in [9.17, 15) is 14.7 Å². The Bertz CT molecular complexity index is 1870. The second-order valence-corrected chi connectivity index (χ2v) is 12.4. The Morgan fingerprint density at radius 3 is 2.20 bits per heavy atom. The Kier molecular flexibility index (Phi) is 14.8. The molecule has 1 saturated heterocycles. The standard InChI is InChI=1S/C37H37N7O4S.2ClH/c45-34-16-15-33(48-25-27-7-3-1-4-8-27)21-29(34)22-38-42-35(46)24-44-19-17-43(18-20-44)23-32-26-49-36(39-32)28-11-13-31(14-12-28)41-37(47)40-30-9-5-2-6-10-30;;/h1-16,21-22,26,45H,17-20,23-25H2,(H,42,46)(H2,40,41,47);2*1H/b38-22+;;. The molecule has 0 saturated carbocycles. The molecule has 0 bridgehead atoms. The number of amides is 3. The van der Waals surface area contributed by atoms with E-state index in [1.807, 2.05) is 84.9 Å². The van der Waals surface area contributed by atoms with Crippen molar-refractivity contribution in [2.45, 2.75) is 13.2 Å². The first-order valence-electron chi connectivity index (χ1n) is 15.9. The molecule has 0 unspecified atom stereocenters. The summed E-state index contributed by atoms with van der Waals surface area (Å²) in [4.78, 5) is 34.1. The highest BCUT2D eigenvalue weighted by Gasteiger charge is 2.20. The molecule has 0 spiro atoms. The second kappa shape index (κ2) is 19.4. The lowest BCUT2D eigenvalue weighted by atomic mass is 10.2. The highest BCUT2D eigenvalue weighted by molar-refractivity contribution is 7.13. The lowest BCUT2D eigenvalue weighted by Crippen LogP contribution is -2.48. The van der Waals surface area contributed by atoms with Crippen molar-refractivity contribution in [2.24, 2.45) is 5.10 Å². The minimum Gasteiger partial charge on any atom is -0.507 e. The van der Waals surface area contributed by atoms with Gasteiger partial charge in [-0.05, 0) is 60.2 Å². The van der Waals surface area contributed by atoms with Crippen LogP contribution < -0.4 is 20.8 Å². The van der Waals surface area contributed by atoms with Crippen LogP contribution in [-0.4, -0.2) is 70.8 Å². The molecule has 11 nitrogen and oxygen atoms in total. The van der Waals surface area contributed by atoms with Gasteiger partial charge in [0.1, 0.15) is 23.1 Å². The molecule has 51 heavy (non-hydrogen) atoms. The van der Waals surface area contributed by atoms with E-state index in [4.69, 9.17) is 9.72 Å². The summed E-state index contributed by atoms with van der Waals surface area (Å²) in [5.74, 6) is 0.418. The minimum absolute atomic E-state index is 0. The smallest absolute Gasteiger partial charge is 0.323 e. The van der Waals surface area contributed by atoms with Crippen molar-refractivity contribution in [3.05, 3.63) is 125 Å². The zero-order valence-corrected chi connectivity index (χ0v) is 30.1. The number of phenols is 1. The quantitative estimate of drug-likeness (QED) is 0.0811. The highest BCUT2D eigenvalue weighted by Crippen LogP contribution is 2.26. The van der Waals surface area contributed by atoms with E-state index < -0.39 is 0 Å². The summed E-state index contributed by atoms with van der Waals surface area (Å²) in [6.45, 7) is 4.51. The fourth-order valence-corrected chi connectivity index (χ4v) is 6.05. The van der Waals surface area contributed by atoms with E-state index in [0.717, 1.165) is 60.2 Å². The van der Waals surface area contributed by atoms with Crippen LogP contribution in [0.2, 0.25) is 0 Å². The van der Waals surface area contributed by atoms with Gasteiger partial charge in [-0.1, -0.05) is 48.5 Å². The number of hydrazone groups is 1. The first-order chi connectivity index (χ1) is 24.0. The topological polar surface area (TPSA) is 131 Å². The zero-order chi connectivity index (χ0) is 33.8. The minimum atomic E-state index is -0.297. The number of nitrogens with zero attached hydrogens (tertiary/aromatic N) is 4. The number of anilines is 2. The number of nitrogens with one attached hydrogen (secondary N) is 3. The molecule has 1 aromatic heterocycles. The molecule has 1 aliphatic rings. The fourth-order valence-electron chi connectivity index (χ4n) is 5.24. The largest absolute Gasteiger partial charge is 0.507 e. The van der Waals surface area contributed by atoms with Crippen LogP contribution in [0.15, 0.2) is 114 Å². The average molecular weight is 749 g/mol. The fraction of sp³-hybridized carbons (Fsp3) is 0.189. The number of aromatic hydroxyl groups is 1. The van der Waals surface area contributed by atoms with Gasteiger partial charge in [-0.25, -0.2) is 15.2 Å². The molecule has 6 rings (SSSR count). The number of carbonyl (C=O) groups excluding carboxylic acids is 2. The number of halogens is 2. The summed E-state index contributed by atoms with van der Waals surface area (Å²) in [7, 11) is 0. The number of aromatic nitrogens is 1. The van der Waals surface area contributed by atoms with Crippen molar-refractivity contribution < 1.29 is 19.4 Å². The summed E-state index contributed by atoms with van der Waals surface area (Å²) >= 11 is 1.59. The van der Waals surface area contributed by atoms with Crippen molar-refractivity contribution in [3.63, 3.8) is 0 Å². The first-order valence-corrected chi connectivity index (χ1v) is 16.8. The number of ether oxygens (including phenoxy) is 1.